The highest BCUT2D eigenvalue weighted by atomic mass is 32.1. The van der Waals surface area contributed by atoms with Gasteiger partial charge in [-0.15, -0.1) is 11.3 Å². The van der Waals surface area contributed by atoms with E-state index in [9.17, 15) is 22.8 Å². The molecule has 2 aromatic carbocycles. The van der Waals surface area contributed by atoms with Crippen LogP contribution in [0.4, 0.5) is 18.9 Å². The van der Waals surface area contributed by atoms with Crippen LogP contribution in [0.15, 0.2) is 36.4 Å². The van der Waals surface area contributed by atoms with Crippen LogP contribution in [0.3, 0.4) is 0 Å². The van der Waals surface area contributed by atoms with Gasteiger partial charge in [-0.3, -0.25) is 9.59 Å². The molecule has 1 aromatic heterocycles. The second-order valence-electron chi connectivity index (χ2n) is 6.44. The van der Waals surface area contributed by atoms with Gasteiger partial charge in [-0.1, -0.05) is 0 Å². The van der Waals surface area contributed by atoms with E-state index in [0.29, 0.717) is 42.9 Å². The number of thiophene rings is 1. The van der Waals surface area contributed by atoms with Crippen LogP contribution >= 0.6 is 11.3 Å². The smallest absolute Gasteiger partial charge is 0.264 e. The molecule has 1 aliphatic rings. The predicted molar refractivity (Wildman–Crippen MR) is 103 cm³/mol. The minimum Gasteiger partial charge on any atom is -0.378 e. The van der Waals surface area contributed by atoms with Gasteiger partial charge in [0.1, 0.15) is 0 Å². The second kappa shape index (κ2) is 7.84. The number of hydrogen-bond donors (Lipinski definition) is 1. The Labute approximate surface area is 167 Å². The SMILES string of the molecule is O=C(Nc1ccc2sc(C(=O)N3CCOCC3)cc2c1)c1ccc(F)c(F)c1F. The lowest BCUT2D eigenvalue weighted by molar-refractivity contribution is 0.0306. The van der Waals surface area contributed by atoms with E-state index in [0.717, 1.165) is 16.2 Å². The van der Waals surface area contributed by atoms with Gasteiger partial charge >= 0.3 is 0 Å². The van der Waals surface area contributed by atoms with Crippen molar-refractivity contribution in [3.05, 3.63) is 64.3 Å². The Hall–Kier alpha value is -2.91. The molecular formula is C20H15F3N2O3S. The summed E-state index contributed by atoms with van der Waals surface area (Å²) in [4.78, 5) is 27.2. The first-order valence-electron chi connectivity index (χ1n) is 8.79. The summed E-state index contributed by atoms with van der Waals surface area (Å²) in [6, 6.07) is 8.26. The number of amides is 2. The van der Waals surface area contributed by atoms with E-state index in [1.807, 2.05) is 0 Å². The maximum Gasteiger partial charge on any atom is 0.264 e. The highest BCUT2D eigenvalue weighted by Gasteiger charge is 2.21. The fourth-order valence-corrected chi connectivity index (χ4v) is 4.06. The number of carbonyl (C=O) groups excluding carboxylic acids is 2. The van der Waals surface area contributed by atoms with Crippen LogP contribution in [0.25, 0.3) is 10.1 Å². The summed E-state index contributed by atoms with van der Waals surface area (Å²) in [6.07, 6.45) is 0. The molecule has 0 aliphatic carbocycles. The number of fused-ring (bicyclic) bond motifs is 1. The predicted octanol–water partition coefficient (Wildman–Crippen LogP) is 4.04. The van der Waals surface area contributed by atoms with Crippen molar-refractivity contribution in [3.63, 3.8) is 0 Å². The number of hydrogen-bond acceptors (Lipinski definition) is 4. The van der Waals surface area contributed by atoms with Crippen LogP contribution in [0, 0.1) is 17.5 Å². The molecule has 0 unspecified atom stereocenters. The lowest BCUT2D eigenvalue weighted by atomic mass is 10.1. The van der Waals surface area contributed by atoms with Crippen molar-refractivity contribution >= 4 is 38.9 Å². The molecule has 0 spiro atoms. The molecule has 1 aliphatic heterocycles. The third kappa shape index (κ3) is 3.83. The monoisotopic (exact) mass is 420 g/mol. The minimum absolute atomic E-state index is 0.0797. The summed E-state index contributed by atoms with van der Waals surface area (Å²) in [5.41, 5.74) is -0.257. The Balaban J connectivity index is 1.55. The van der Waals surface area contributed by atoms with Gasteiger partial charge in [0.2, 0.25) is 0 Å². The van der Waals surface area contributed by atoms with Gasteiger partial charge in [0.05, 0.1) is 23.7 Å². The Kier molecular flexibility index (Phi) is 5.25. The number of nitrogens with zero attached hydrogens (tertiary/aromatic N) is 1. The molecule has 150 valence electrons. The summed E-state index contributed by atoms with van der Waals surface area (Å²) >= 11 is 1.33. The van der Waals surface area contributed by atoms with E-state index in [2.05, 4.69) is 5.32 Å². The lowest BCUT2D eigenvalue weighted by Gasteiger charge is -2.26. The quantitative estimate of drug-likeness (QED) is 0.651. The molecule has 29 heavy (non-hydrogen) atoms. The molecule has 1 saturated heterocycles. The Morgan fingerprint density at radius 1 is 1.00 bits per heavy atom. The van der Waals surface area contributed by atoms with E-state index in [1.165, 1.54) is 11.3 Å². The molecule has 0 atom stereocenters. The Morgan fingerprint density at radius 3 is 2.52 bits per heavy atom. The Morgan fingerprint density at radius 2 is 1.76 bits per heavy atom. The van der Waals surface area contributed by atoms with Gasteiger partial charge in [0.25, 0.3) is 11.8 Å². The molecule has 1 fully saturated rings. The van der Waals surface area contributed by atoms with Crippen LogP contribution in [-0.2, 0) is 4.74 Å². The zero-order valence-corrected chi connectivity index (χ0v) is 15.8. The van der Waals surface area contributed by atoms with Crippen molar-refractivity contribution in [2.75, 3.05) is 31.6 Å². The molecule has 0 bridgehead atoms. The molecular weight excluding hydrogens is 405 g/mol. The van der Waals surface area contributed by atoms with Gasteiger partial charge in [-0.05, 0) is 41.8 Å². The first-order chi connectivity index (χ1) is 13.9. The number of benzene rings is 2. The van der Waals surface area contributed by atoms with Crippen LogP contribution in [-0.4, -0.2) is 43.0 Å². The maximum atomic E-state index is 13.8. The van der Waals surface area contributed by atoms with Crippen molar-refractivity contribution in [2.45, 2.75) is 0 Å². The molecule has 2 heterocycles. The van der Waals surface area contributed by atoms with Gasteiger partial charge in [0.15, 0.2) is 17.5 Å². The lowest BCUT2D eigenvalue weighted by Crippen LogP contribution is -2.40. The third-order valence-corrected chi connectivity index (χ3v) is 5.67. The molecule has 4 rings (SSSR count). The van der Waals surface area contributed by atoms with E-state index < -0.39 is 28.9 Å². The maximum absolute atomic E-state index is 13.8. The summed E-state index contributed by atoms with van der Waals surface area (Å²) in [5.74, 6) is -5.59. The van der Waals surface area contributed by atoms with E-state index in [4.69, 9.17) is 4.74 Å². The number of halogens is 3. The summed E-state index contributed by atoms with van der Waals surface area (Å²) in [6.45, 7) is 2.09. The second-order valence-corrected chi connectivity index (χ2v) is 7.53. The highest BCUT2D eigenvalue weighted by molar-refractivity contribution is 7.20. The average molecular weight is 420 g/mol. The van der Waals surface area contributed by atoms with E-state index >= 15 is 0 Å². The van der Waals surface area contributed by atoms with Crippen LogP contribution < -0.4 is 5.32 Å². The Bertz CT molecular complexity index is 1110. The molecule has 5 nitrogen and oxygen atoms in total. The average Bonchev–Trinajstić information content (AvgIpc) is 3.15. The summed E-state index contributed by atoms with van der Waals surface area (Å²) < 4.78 is 46.3. The van der Waals surface area contributed by atoms with Crippen molar-refractivity contribution in [1.82, 2.24) is 4.90 Å². The van der Waals surface area contributed by atoms with Gasteiger partial charge < -0.3 is 15.0 Å². The largest absolute Gasteiger partial charge is 0.378 e. The molecule has 2 amide bonds. The topological polar surface area (TPSA) is 58.6 Å². The fraction of sp³-hybridized carbons (Fsp3) is 0.200. The molecule has 1 N–H and O–H groups in total. The number of rotatable bonds is 3. The normalized spacial score (nSPS) is 14.2. The highest BCUT2D eigenvalue weighted by Crippen LogP contribution is 2.29. The zero-order valence-electron chi connectivity index (χ0n) is 15.0. The molecule has 0 saturated carbocycles. The number of carbonyl (C=O) groups is 2. The van der Waals surface area contributed by atoms with Crippen molar-refractivity contribution in [3.8, 4) is 0 Å². The van der Waals surface area contributed by atoms with Crippen molar-refractivity contribution in [1.29, 1.82) is 0 Å². The summed E-state index contributed by atoms with van der Waals surface area (Å²) in [5, 5.41) is 3.20. The van der Waals surface area contributed by atoms with Gasteiger partial charge in [0, 0.05) is 23.5 Å². The third-order valence-electron chi connectivity index (χ3n) is 4.56. The molecule has 0 radical (unpaired) electrons. The first-order valence-corrected chi connectivity index (χ1v) is 9.61. The zero-order chi connectivity index (χ0) is 20.5. The molecule has 3 aromatic rings. The van der Waals surface area contributed by atoms with Crippen molar-refractivity contribution < 1.29 is 27.5 Å². The fourth-order valence-electron chi connectivity index (χ4n) is 3.05. The van der Waals surface area contributed by atoms with Crippen LogP contribution in [0.1, 0.15) is 20.0 Å². The van der Waals surface area contributed by atoms with Gasteiger partial charge in [-0.25, -0.2) is 13.2 Å². The van der Waals surface area contributed by atoms with Gasteiger partial charge in [-0.2, -0.15) is 0 Å². The molecule has 9 heteroatoms. The number of ether oxygens (including phenoxy) is 1. The van der Waals surface area contributed by atoms with E-state index in [-0.39, 0.29) is 5.91 Å². The first kappa shape index (κ1) is 19.4. The minimum atomic E-state index is -1.70. The number of nitrogens with one attached hydrogen (secondary N) is 1. The standard InChI is InChI=1S/C20H15F3N2O3S/c21-14-3-2-13(17(22)18(14)23)19(26)24-12-1-4-15-11(9-12)10-16(29-15)20(27)25-5-7-28-8-6-25/h1-4,9-10H,5-8H2,(H,24,26). The van der Waals surface area contributed by atoms with E-state index in [1.54, 1.807) is 29.2 Å². The number of morpholine rings is 1. The van der Waals surface area contributed by atoms with Crippen LogP contribution in [0.5, 0.6) is 0 Å². The number of anilines is 1. The summed E-state index contributed by atoms with van der Waals surface area (Å²) in [7, 11) is 0. The van der Waals surface area contributed by atoms with Crippen LogP contribution in [0.2, 0.25) is 0 Å². The van der Waals surface area contributed by atoms with Crippen molar-refractivity contribution in [2.24, 2.45) is 0 Å².